The summed E-state index contributed by atoms with van der Waals surface area (Å²) >= 11 is 0. The van der Waals surface area contributed by atoms with Gasteiger partial charge in [-0.15, -0.1) is 0 Å². The largest absolute Gasteiger partial charge is 0.481 e. The van der Waals surface area contributed by atoms with Crippen LogP contribution < -0.4 is 5.73 Å². The molecule has 0 heterocycles. The third-order valence-electron chi connectivity index (χ3n) is 3.22. The molecule has 0 bridgehead atoms. The van der Waals surface area contributed by atoms with E-state index in [1.54, 1.807) is 0 Å². The molecule has 16 heavy (non-hydrogen) atoms. The molecule has 0 radical (unpaired) electrons. The number of aryl methyl sites for hydroxylation is 2. The van der Waals surface area contributed by atoms with E-state index in [1.165, 1.54) is 24.0 Å². The Hall–Kier alpha value is -1.35. The second kappa shape index (κ2) is 4.66. The summed E-state index contributed by atoms with van der Waals surface area (Å²) < 4.78 is 0. The molecule has 0 aliphatic heterocycles. The van der Waals surface area contributed by atoms with E-state index in [1.807, 2.05) is 6.07 Å². The molecule has 0 amide bonds. The van der Waals surface area contributed by atoms with Gasteiger partial charge in [0.2, 0.25) is 0 Å². The standard InChI is InChI=1S/C13H17NO2/c14-12(6-7-13(15)16)11-5-4-9-2-1-3-10(9)8-11/h4-5,8,12H,1-3,6-7,14H2,(H,15,16). The summed E-state index contributed by atoms with van der Waals surface area (Å²) in [6.07, 6.45) is 4.17. The summed E-state index contributed by atoms with van der Waals surface area (Å²) in [5, 5.41) is 8.61. The zero-order valence-electron chi connectivity index (χ0n) is 9.28. The molecular weight excluding hydrogens is 202 g/mol. The van der Waals surface area contributed by atoms with Crippen LogP contribution in [0.15, 0.2) is 18.2 Å². The third kappa shape index (κ3) is 2.42. The second-order valence-electron chi connectivity index (χ2n) is 4.42. The van der Waals surface area contributed by atoms with Crippen molar-refractivity contribution in [2.45, 2.75) is 38.1 Å². The smallest absolute Gasteiger partial charge is 0.303 e. The van der Waals surface area contributed by atoms with Crippen LogP contribution in [0.25, 0.3) is 0 Å². The number of carboxylic acids is 1. The first-order valence-electron chi connectivity index (χ1n) is 5.76. The topological polar surface area (TPSA) is 63.3 Å². The average molecular weight is 219 g/mol. The molecule has 2 rings (SSSR count). The lowest BCUT2D eigenvalue weighted by molar-refractivity contribution is -0.137. The Labute approximate surface area is 95.3 Å². The van der Waals surface area contributed by atoms with Crippen molar-refractivity contribution in [3.8, 4) is 0 Å². The summed E-state index contributed by atoms with van der Waals surface area (Å²) in [6.45, 7) is 0. The first-order valence-corrected chi connectivity index (χ1v) is 5.76. The van der Waals surface area contributed by atoms with E-state index in [4.69, 9.17) is 10.8 Å². The Kier molecular flexibility index (Phi) is 3.25. The summed E-state index contributed by atoms with van der Waals surface area (Å²) in [4.78, 5) is 10.5. The first kappa shape index (κ1) is 11.1. The van der Waals surface area contributed by atoms with E-state index in [0.29, 0.717) is 6.42 Å². The molecule has 3 heteroatoms. The number of benzene rings is 1. The Morgan fingerprint density at radius 3 is 2.88 bits per heavy atom. The van der Waals surface area contributed by atoms with Gasteiger partial charge in [-0.25, -0.2) is 0 Å². The number of rotatable bonds is 4. The number of hydrogen-bond acceptors (Lipinski definition) is 2. The van der Waals surface area contributed by atoms with Crippen LogP contribution in [0.5, 0.6) is 0 Å². The minimum absolute atomic E-state index is 0.137. The average Bonchev–Trinajstić information content (AvgIpc) is 2.72. The fourth-order valence-electron chi connectivity index (χ4n) is 2.27. The first-order chi connectivity index (χ1) is 7.66. The third-order valence-corrected chi connectivity index (χ3v) is 3.22. The highest BCUT2D eigenvalue weighted by Gasteiger charge is 2.14. The maximum Gasteiger partial charge on any atom is 0.303 e. The van der Waals surface area contributed by atoms with Gasteiger partial charge >= 0.3 is 5.97 Å². The highest BCUT2D eigenvalue weighted by molar-refractivity contribution is 5.66. The minimum atomic E-state index is -0.781. The minimum Gasteiger partial charge on any atom is -0.481 e. The van der Waals surface area contributed by atoms with E-state index in [9.17, 15) is 4.79 Å². The van der Waals surface area contributed by atoms with E-state index >= 15 is 0 Å². The molecule has 1 atom stereocenters. The fraction of sp³-hybridized carbons (Fsp3) is 0.462. The van der Waals surface area contributed by atoms with Gasteiger partial charge in [0.1, 0.15) is 0 Å². The lowest BCUT2D eigenvalue weighted by Crippen LogP contribution is -2.12. The van der Waals surface area contributed by atoms with E-state index in [0.717, 1.165) is 12.0 Å². The van der Waals surface area contributed by atoms with Gasteiger partial charge < -0.3 is 10.8 Å². The van der Waals surface area contributed by atoms with Crippen LogP contribution in [0.3, 0.4) is 0 Å². The van der Waals surface area contributed by atoms with E-state index in [2.05, 4.69) is 12.1 Å². The summed E-state index contributed by atoms with van der Waals surface area (Å²) in [5.41, 5.74) is 9.86. The van der Waals surface area contributed by atoms with Crippen molar-refractivity contribution in [2.24, 2.45) is 5.73 Å². The molecule has 3 N–H and O–H groups in total. The molecule has 1 unspecified atom stereocenters. The number of carboxylic acid groups (broad SMARTS) is 1. The van der Waals surface area contributed by atoms with Crippen LogP contribution in [0.2, 0.25) is 0 Å². The molecule has 0 aromatic heterocycles. The van der Waals surface area contributed by atoms with Crippen LogP contribution >= 0.6 is 0 Å². The predicted octanol–water partition coefficient (Wildman–Crippen LogP) is 2.04. The molecule has 0 spiro atoms. The van der Waals surface area contributed by atoms with Gasteiger partial charge in [0, 0.05) is 12.5 Å². The van der Waals surface area contributed by atoms with Crippen molar-refractivity contribution in [1.29, 1.82) is 0 Å². The van der Waals surface area contributed by atoms with Gasteiger partial charge in [-0.2, -0.15) is 0 Å². The molecule has 0 fully saturated rings. The molecule has 86 valence electrons. The number of fused-ring (bicyclic) bond motifs is 1. The molecule has 1 aliphatic carbocycles. The molecule has 0 saturated carbocycles. The van der Waals surface area contributed by atoms with E-state index in [-0.39, 0.29) is 12.5 Å². The molecule has 1 aromatic carbocycles. The van der Waals surface area contributed by atoms with Crippen LogP contribution in [0, 0.1) is 0 Å². The predicted molar refractivity (Wildman–Crippen MR) is 62.3 cm³/mol. The van der Waals surface area contributed by atoms with Crippen molar-refractivity contribution >= 4 is 5.97 Å². The summed E-state index contributed by atoms with van der Waals surface area (Å²) in [7, 11) is 0. The van der Waals surface area contributed by atoms with Gasteiger partial charge in [-0.1, -0.05) is 18.2 Å². The molecular formula is C13H17NO2. The molecule has 1 aliphatic rings. The lowest BCUT2D eigenvalue weighted by Gasteiger charge is -2.12. The van der Waals surface area contributed by atoms with Crippen LogP contribution in [-0.2, 0) is 17.6 Å². The van der Waals surface area contributed by atoms with E-state index < -0.39 is 5.97 Å². The quantitative estimate of drug-likeness (QED) is 0.814. The Morgan fingerprint density at radius 2 is 2.12 bits per heavy atom. The monoisotopic (exact) mass is 219 g/mol. The lowest BCUT2D eigenvalue weighted by atomic mass is 9.99. The highest BCUT2D eigenvalue weighted by atomic mass is 16.4. The number of aliphatic carboxylic acids is 1. The Morgan fingerprint density at radius 1 is 1.38 bits per heavy atom. The van der Waals surface area contributed by atoms with Gasteiger partial charge in [-0.3, -0.25) is 4.79 Å². The summed E-state index contributed by atoms with van der Waals surface area (Å²) in [5.74, 6) is -0.781. The Balaban J connectivity index is 2.06. The molecule has 0 saturated heterocycles. The van der Waals surface area contributed by atoms with Crippen LogP contribution in [-0.4, -0.2) is 11.1 Å². The SMILES string of the molecule is NC(CCC(=O)O)c1ccc2c(c1)CCC2. The zero-order chi connectivity index (χ0) is 11.5. The fourth-order valence-corrected chi connectivity index (χ4v) is 2.27. The maximum atomic E-state index is 10.5. The molecule has 3 nitrogen and oxygen atoms in total. The number of nitrogens with two attached hydrogens (primary N) is 1. The van der Waals surface area contributed by atoms with Gasteiger partial charge in [0.25, 0.3) is 0 Å². The summed E-state index contributed by atoms with van der Waals surface area (Å²) in [6, 6.07) is 6.17. The van der Waals surface area contributed by atoms with Crippen molar-refractivity contribution in [3.63, 3.8) is 0 Å². The van der Waals surface area contributed by atoms with Crippen molar-refractivity contribution < 1.29 is 9.90 Å². The number of hydrogen-bond donors (Lipinski definition) is 2. The normalized spacial score (nSPS) is 15.8. The van der Waals surface area contributed by atoms with Crippen molar-refractivity contribution in [2.75, 3.05) is 0 Å². The van der Waals surface area contributed by atoms with Crippen LogP contribution in [0.4, 0.5) is 0 Å². The van der Waals surface area contributed by atoms with Gasteiger partial charge in [-0.05, 0) is 42.4 Å². The molecule has 1 aromatic rings. The Bertz CT molecular complexity index is 401. The van der Waals surface area contributed by atoms with Gasteiger partial charge in [0.05, 0.1) is 0 Å². The highest BCUT2D eigenvalue weighted by Crippen LogP contribution is 2.26. The van der Waals surface area contributed by atoms with Crippen molar-refractivity contribution in [1.82, 2.24) is 0 Å². The maximum absolute atomic E-state index is 10.5. The van der Waals surface area contributed by atoms with Gasteiger partial charge in [0.15, 0.2) is 0 Å². The second-order valence-corrected chi connectivity index (χ2v) is 4.42. The van der Waals surface area contributed by atoms with Crippen molar-refractivity contribution in [3.05, 3.63) is 34.9 Å². The van der Waals surface area contributed by atoms with Crippen LogP contribution in [0.1, 0.15) is 42.0 Å². The zero-order valence-corrected chi connectivity index (χ0v) is 9.28. The number of carbonyl (C=O) groups is 1.